The minimum Gasteiger partial charge on any atom is -0.392 e. The summed E-state index contributed by atoms with van der Waals surface area (Å²) in [4.78, 5) is 14.7. The summed E-state index contributed by atoms with van der Waals surface area (Å²) in [7, 11) is 0. The van der Waals surface area contributed by atoms with Crippen molar-refractivity contribution in [1.82, 2.24) is 4.90 Å². The lowest BCUT2D eigenvalue weighted by atomic mass is 10.2. The zero-order valence-corrected chi connectivity index (χ0v) is 13.0. The van der Waals surface area contributed by atoms with Gasteiger partial charge in [-0.25, -0.2) is 0 Å². The maximum absolute atomic E-state index is 12.2. The van der Waals surface area contributed by atoms with Crippen molar-refractivity contribution < 1.29 is 9.90 Å². The van der Waals surface area contributed by atoms with Gasteiger partial charge in [0.15, 0.2) is 0 Å². The molecule has 19 heavy (non-hydrogen) atoms. The summed E-state index contributed by atoms with van der Waals surface area (Å²) in [6.07, 6.45) is -0.517. The Labute approximate surface area is 123 Å². The summed E-state index contributed by atoms with van der Waals surface area (Å²) in [5.41, 5.74) is 0. The van der Waals surface area contributed by atoms with Gasteiger partial charge >= 0.3 is 0 Å². The molecule has 0 fully saturated rings. The van der Waals surface area contributed by atoms with E-state index in [-0.39, 0.29) is 11.9 Å². The SMILES string of the molecule is CC(O)CN(C(=O)CSc1ccccc1Cl)C(C)C. The molecule has 5 heteroatoms. The molecule has 1 atom stereocenters. The lowest BCUT2D eigenvalue weighted by molar-refractivity contribution is -0.131. The van der Waals surface area contributed by atoms with Gasteiger partial charge in [-0.15, -0.1) is 11.8 Å². The summed E-state index contributed by atoms with van der Waals surface area (Å²) >= 11 is 7.47. The number of carbonyl (C=O) groups is 1. The van der Waals surface area contributed by atoms with Crippen molar-refractivity contribution in [1.29, 1.82) is 0 Å². The highest BCUT2D eigenvalue weighted by Gasteiger charge is 2.18. The van der Waals surface area contributed by atoms with Crippen LogP contribution in [0.1, 0.15) is 20.8 Å². The fourth-order valence-corrected chi connectivity index (χ4v) is 2.79. The molecule has 1 rings (SSSR count). The Morgan fingerprint density at radius 1 is 1.37 bits per heavy atom. The number of halogens is 1. The summed E-state index contributed by atoms with van der Waals surface area (Å²) in [5.74, 6) is 0.343. The van der Waals surface area contributed by atoms with E-state index in [2.05, 4.69) is 0 Å². The quantitative estimate of drug-likeness (QED) is 0.821. The Balaban J connectivity index is 2.60. The molecule has 0 aromatic heterocycles. The van der Waals surface area contributed by atoms with Crippen LogP contribution in [0, 0.1) is 0 Å². The third kappa shape index (κ3) is 5.43. The molecule has 0 aliphatic rings. The number of rotatable bonds is 6. The Bertz CT molecular complexity index is 424. The van der Waals surface area contributed by atoms with Crippen LogP contribution in [0.25, 0.3) is 0 Å². The largest absolute Gasteiger partial charge is 0.392 e. The second-order valence-electron chi connectivity index (χ2n) is 4.71. The zero-order valence-electron chi connectivity index (χ0n) is 11.5. The third-order valence-corrected chi connectivity index (χ3v) is 4.09. The minimum atomic E-state index is -0.517. The van der Waals surface area contributed by atoms with Crippen molar-refractivity contribution in [3.05, 3.63) is 29.3 Å². The second kappa shape index (κ2) is 7.78. The molecule has 1 aromatic carbocycles. The normalized spacial score (nSPS) is 12.5. The Kier molecular flexibility index (Phi) is 6.69. The molecule has 1 aromatic rings. The molecule has 0 saturated heterocycles. The van der Waals surface area contributed by atoms with Gasteiger partial charge in [0.05, 0.1) is 16.9 Å². The van der Waals surface area contributed by atoms with Crippen LogP contribution in [-0.4, -0.2) is 40.4 Å². The Morgan fingerprint density at radius 2 is 2.00 bits per heavy atom. The maximum atomic E-state index is 12.2. The van der Waals surface area contributed by atoms with E-state index in [4.69, 9.17) is 11.6 Å². The Hall–Kier alpha value is -0.710. The summed E-state index contributed by atoms with van der Waals surface area (Å²) in [6.45, 7) is 5.93. The van der Waals surface area contributed by atoms with Gasteiger partial charge in [0, 0.05) is 17.5 Å². The number of hydrogen-bond donors (Lipinski definition) is 1. The first kappa shape index (κ1) is 16.3. The van der Waals surface area contributed by atoms with Crippen LogP contribution in [0.2, 0.25) is 5.02 Å². The van der Waals surface area contributed by atoms with E-state index in [1.807, 2.05) is 38.1 Å². The molecule has 0 aliphatic heterocycles. The van der Waals surface area contributed by atoms with Crippen molar-refractivity contribution in [2.75, 3.05) is 12.3 Å². The first-order valence-corrected chi connectivity index (χ1v) is 7.63. The van der Waals surface area contributed by atoms with Crippen LogP contribution < -0.4 is 0 Å². The predicted octanol–water partition coefficient (Wildman–Crippen LogP) is 3.05. The number of thioether (sulfide) groups is 1. The van der Waals surface area contributed by atoms with Crippen LogP contribution in [0.5, 0.6) is 0 Å². The highest BCUT2D eigenvalue weighted by Crippen LogP contribution is 2.26. The van der Waals surface area contributed by atoms with Gasteiger partial charge in [-0.05, 0) is 32.9 Å². The van der Waals surface area contributed by atoms with Gasteiger partial charge in [0.1, 0.15) is 0 Å². The van der Waals surface area contributed by atoms with E-state index in [9.17, 15) is 9.90 Å². The molecule has 1 unspecified atom stereocenters. The van der Waals surface area contributed by atoms with Crippen molar-refractivity contribution >= 4 is 29.3 Å². The highest BCUT2D eigenvalue weighted by molar-refractivity contribution is 8.00. The van der Waals surface area contributed by atoms with Crippen LogP contribution in [-0.2, 0) is 4.79 Å². The van der Waals surface area contributed by atoms with Crippen LogP contribution in [0.4, 0.5) is 0 Å². The minimum absolute atomic E-state index is 0.0146. The van der Waals surface area contributed by atoms with Crippen LogP contribution >= 0.6 is 23.4 Å². The standard InChI is InChI=1S/C14H20ClNO2S/c1-10(2)16(8-11(3)17)14(18)9-19-13-7-5-4-6-12(13)15/h4-7,10-11,17H,8-9H2,1-3H3. The number of amides is 1. The topological polar surface area (TPSA) is 40.5 Å². The van der Waals surface area contributed by atoms with Gasteiger partial charge in [0.2, 0.25) is 5.91 Å². The van der Waals surface area contributed by atoms with Gasteiger partial charge in [-0.2, -0.15) is 0 Å². The molecule has 0 spiro atoms. The van der Waals surface area contributed by atoms with Gasteiger partial charge in [-0.3, -0.25) is 4.79 Å². The first-order valence-electron chi connectivity index (χ1n) is 6.26. The van der Waals surface area contributed by atoms with Crippen LogP contribution in [0.3, 0.4) is 0 Å². The number of hydrogen-bond acceptors (Lipinski definition) is 3. The van der Waals surface area contributed by atoms with Gasteiger partial charge in [-0.1, -0.05) is 23.7 Å². The average molecular weight is 302 g/mol. The van der Waals surface area contributed by atoms with Gasteiger partial charge in [0.25, 0.3) is 0 Å². The molecule has 0 saturated carbocycles. The van der Waals surface area contributed by atoms with E-state index >= 15 is 0 Å². The molecular formula is C14H20ClNO2S. The molecule has 1 amide bonds. The lowest BCUT2D eigenvalue weighted by Gasteiger charge is -2.28. The third-order valence-electron chi connectivity index (χ3n) is 2.59. The van der Waals surface area contributed by atoms with E-state index in [0.29, 0.717) is 17.3 Å². The van der Waals surface area contributed by atoms with Crippen LogP contribution in [0.15, 0.2) is 29.2 Å². The molecule has 0 heterocycles. The van der Waals surface area contributed by atoms with E-state index < -0.39 is 6.10 Å². The first-order chi connectivity index (χ1) is 8.91. The van der Waals surface area contributed by atoms with E-state index in [1.54, 1.807) is 11.8 Å². The number of aliphatic hydroxyl groups excluding tert-OH is 1. The molecule has 1 N–H and O–H groups in total. The highest BCUT2D eigenvalue weighted by atomic mass is 35.5. The molecule has 0 radical (unpaired) electrons. The van der Waals surface area contributed by atoms with Crippen molar-refractivity contribution in [3.63, 3.8) is 0 Å². The van der Waals surface area contributed by atoms with E-state index in [0.717, 1.165) is 4.90 Å². The predicted molar refractivity (Wildman–Crippen MR) is 80.7 cm³/mol. The van der Waals surface area contributed by atoms with Crippen molar-refractivity contribution in [2.45, 2.75) is 37.8 Å². The Morgan fingerprint density at radius 3 is 2.53 bits per heavy atom. The van der Waals surface area contributed by atoms with Crippen molar-refractivity contribution in [2.24, 2.45) is 0 Å². The number of benzene rings is 1. The van der Waals surface area contributed by atoms with E-state index in [1.165, 1.54) is 11.8 Å². The monoisotopic (exact) mass is 301 g/mol. The fraction of sp³-hybridized carbons (Fsp3) is 0.500. The van der Waals surface area contributed by atoms with Gasteiger partial charge < -0.3 is 10.0 Å². The second-order valence-corrected chi connectivity index (χ2v) is 6.13. The molecule has 0 bridgehead atoms. The summed E-state index contributed by atoms with van der Waals surface area (Å²) < 4.78 is 0. The maximum Gasteiger partial charge on any atom is 0.233 e. The zero-order chi connectivity index (χ0) is 14.4. The summed E-state index contributed by atoms with van der Waals surface area (Å²) in [6, 6.07) is 7.55. The molecule has 3 nitrogen and oxygen atoms in total. The smallest absolute Gasteiger partial charge is 0.233 e. The number of nitrogens with zero attached hydrogens (tertiary/aromatic N) is 1. The molecule has 106 valence electrons. The van der Waals surface area contributed by atoms with Crippen molar-refractivity contribution in [3.8, 4) is 0 Å². The molecular weight excluding hydrogens is 282 g/mol. The summed E-state index contributed by atoms with van der Waals surface area (Å²) in [5, 5.41) is 10.1. The number of carbonyl (C=O) groups excluding carboxylic acids is 1. The average Bonchev–Trinajstić information content (AvgIpc) is 2.34. The fourth-order valence-electron chi connectivity index (χ4n) is 1.67. The molecule has 0 aliphatic carbocycles. The number of aliphatic hydroxyl groups is 1. The lowest BCUT2D eigenvalue weighted by Crippen LogP contribution is -2.42.